The summed E-state index contributed by atoms with van der Waals surface area (Å²) in [6.45, 7) is 6.19. The fourth-order valence-corrected chi connectivity index (χ4v) is 3.22. The minimum atomic E-state index is -0.00530. The van der Waals surface area contributed by atoms with Crippen molar-refractivity contribution in [2.75, 3.05) is 5.75 Å². The van der Waals surface area contributed by atoms with Gasteiger partial charge in [0.2, 0.25) is 5.91 Å². The van der Waals surface area contributed by atoms with E-state index in [4.69, 9.17) is 0 Å². The molecule has 2 heterocycles. The summed E-state index contributed by atoms with van der Waals surface area (Å²) in [5, 5.41) is 12.4. The van der Waals surface area contributed by atoms with E-state index >= 15 is 0 Å². The highest BCUT2D eigenvalue weighted by molar-refractivity contribution is 7.99. The van der Waals surface area contributed by atoms with Gasteiger partial charge in [0.05, 0.1) is 5.75 Å². The number of nitrogens with zero attached hydrogens (tertiary/aromatic N) is 4. The summed E-state index contributed by atoms with van der Waals surface area (Å²) in [7, 11) is 0. The van der Waals surface area contributed by atoms with E-state index < -0.39 is 0 Å². The third kappa shape index (κ3) is 4.74. The van der Waals surface area contributed by atoms with Gasteiger partial charge < -0.3 is 5.32 Å². The molecule has 0 saturated heterocycles. The summed E-state index contributed by atoms with van der Waals surface area (Å²) in [5.74, 6) is 1.40. The molecule has 0 spiro atoms. The second-order valence-corrected chi connectivity index (χ2v) is 7.54. The molecule has 0 aliphatic rings. The molecule has 0 bridgehead atoms. The average molecular weight is 382 g/mol. The average Bonchev–Trinajstić information content (AvgIpc) is 3.11. The summed E-state index contributed by atoms with van der Waals surface area (Å²) in [6.07, 6.45) is 3.46. The first-order valence-corrected chi connectivity index (χ1v) is 9.88. The Morgan fingerprint density at radius 3 is 2.44 bits per heavy atom. The first-order valence-electron chi connectivity index (χ1n) is 8.89. The maximum atomic E-state index is 12.3. The van der Waals surface area contributed by atoms with Crippen molar-refractivity contribution in [3.8, 4) is 17.1 Å². The van der Waals surface area contributed by atoms with E-state index in [0.717, 1.165) is 17.1 Å². The minimum absolute atomic E-state index is 0.00530. The van der Waals surface area contributed by atoms with E-state index in [1.165, 1.54) is 11.8 Å². The van der Waals surface area contributed by atoms with Crippen LogP contribution in [0.1, 0.15) is 20.8 Å². The van der Waals surface area contributed by atoms with Crippen LogP contribution in [0.4, 0.5) is 0 Å². The van der Waals surface area contributed by atoms with Crippen molar-refractivity contribution in [2.24, 2.45) is 5.92 Å². The van der Waals surface area contributed by atoms with Gasteiger partial charge in [0.1, 0.15) is 0 Å². The van der Waals surface area contributed by atoms with Crippen LogP contribution in [0.15, 0.2) is 60.0 Å². The molecule has 0 radical (unpaired) electrons. The summed E-state index contributed by atoms with van der Waals surface area (Å²) in [4.78, 5) is 16.3. The second-order valence-electron chi connectivity index (χ2n) is 6.60. The van der Waals surface area contributed by atoms with Gasteiger partial charge in [-0.1, -0.05) is 43.8 Å². The number of carbonyl (C=O) groups excluding carboxylic acids is 1. The maximum absolute atomic E-state index is 12.3. The lowest BCUT2D eigenvalue weighted by Gasteiger charge is -2.17. The van der Waals surface area contributed by atoms with E-state index in [9.17, 15) is 4.79 Å². The Morgan fingerprint density at radius 2 is 1.78 bits per heavy atom. The zero-order chi connectivity index (χ0) is 19.2. The van der Waals surface area contributed by atoms with Gasteiger partial charge in [0, 0.05) is 29.7 Å². The summed E-state index contributed by atoms with van der Waals surface area (Å²) >= 11 is 1.38. The number of para-hydroxylation sites is 1. The molecule has 140 valence electrons. The van der Waals surface area contributed by atoms with E-state index in [1.807, 2.05) is 54.0 Å². The largest absolute Gasteiger partial charge is 0.353 e. The Bertz CT molecular complexity index is 880. The number of nitrogens with one attached hydrogen (secondary N) is 1. The molecular weight excluding hydrogens is 358 g/mol. The van der Waals surface area contributed by atoms with E-state index in [1.54, 1.807) is 12.4 Å². The molecular formula is C20H23N5OS. The lowest BCUT2D eigenvalue weighted by Crippen LogP contribution is -2.37. The van der Waals surface area contributed by atoms with Crippen molar-refractivity contribution < 1.29 is 4.79 Å². The third-order valence-corrected chi connectivity index (χ3v) is 5.24. The van der Waals surface area contributed by atoms with Crippen molar-refractivity contribution in [1.82, 2.24) is 25.1 Å². The number of thioether (sulfide) groups is 1. The minimum Gasteiger partial charge on any atom is -0.353 e. The van der Waals surface area contributed by atoms with Crippen molar-refractivity contribution in [2.45, 2.75) is 32.0 Å². The molecule has 27 heavy (non-hydrogen) atoms. The van der Waals surface area contributed by atoms with Crippen LogP contribution in [-0.2, 0) is 4.79 Å². The molecule has 3 aromatic rings. The molecule has 1 N–H and O–H groups in total. The number of hydrogen-bond acceptors (Lipinski definition) is 5. The molecule has 6 nitrogen and oxygen atoms in total. The van der Waals surface area contributed by atoms with E-state index in [-0.39, 0.29) is 11.9 Å². The van der Waals surface area contributed by atoms with Crippen LogP contribution in [-0.4, -0.2) is 37.5 Å². The number of carbonyl (C=O) groups is 1. The number of rotatable bonds is 7. The van der Waals surface area contributed by atoms with Crippen LogP contribution in [0.25, 0.3) is 17.1 Å². The summed E-state index contributed by atoms with van der Waals surface area (Å²) in [5.41, 5.74) is 1.87. The van der Waals surface area contributed by atoms with Gasteiger partial charge in [-0.2, -0.15) is 0 Å². The van der Waals surface area contributed by atoms with Gasteiger partial charge >= 0.3 is 0 Å². The first kappa shape index (κ1) is 19.1. The quantitative estimate of drug-likeness (QED) is 0.633. The van der Waals surface area contributed by atoms with Crippen LogP contribution in [0, 0.1) is 5.92 Å². The molecule has 2 aromatic heterocycles. The fourth-order valence-electron chi connectivity index (χ4n) is 2.45. The Labute approximate surface area is 163 Å². The van der Waals surface area contributed by atoms with Crippen LogP contribution in [0.5, 0.6) is 0 Å². The van der Waals surface area contributed by atoms with Crippen molar-refractivity contribution >= 4 is 17.7 Å². The zero-order valence-electron chi connectivity index (χ0n) is 15.7. The molecule has 0 aliphatic carbocycles. The van der Waals surface area contributed by atoms with Crippen LogP contribution in [0.2, 0.25) is 0 Å². The third-order valence-electron chi connectivity index (χ3n) is 4.31. The topological polar surface area (TPSA) is 72.7 Å². The number of benzene rings is 1. The predicted octanol–water partition coefficient (Wildman–Crippen LogP) is 3.58. The van der Waals surface area contributed by atoms with E-state index in [2.05, 4.69) is 34.3 Å². The standard InChI is InChI=1S/C20H23N5OS/c1-14(2)15(3)22-18(26)13-27-20-24-23-19(16-9-11-21-12-10-16)25(20)17-7-5-4-6-8-17/h4-12,14-15H,13H2,1-3H3,(H,22,26). The summed E-state index contributed by atoms with van der Waals surface area (Å²) < 4.78 is 1.97. The first-order chi connectivity index (χ1) is 13.1. The van der Waals surface area contributed by atoms with E-state index in [0.29, 0.717) is 16.8 Å². The lowest BCUT2D eigenvalue weighted by atomic mass is 10.1. The lowest BCUT2D eigenvalue weighted by molar-refractivity contribution is -0.119. The van der Waals surface area contributed by atoms with Crippen LogP contribution < -0.4 is 5.32 Å². The monoisotopic (exact) mass is 381 g/mol. The Balaban J connectivity index is 1.86. The molecule has 1 unspecified atom stereocenters. The fraction of sp³-hybridized carbons (Fsp3) is 0.300. The van der Waals surface area contributed by atoms with Crippen LogP contribution >= 0.6 is 11.8 Å². The molecule has 1 aromatic carbocycles. The van der Waals surface area contributed by atoms with Crippen LogP contribution in [0.3, 0.4) is 0 Å². The SMILES string of the molecule is CC(C)C(C)NC(=O)CSc1nnc(-c2ccncc2)n1-c1ccccc1. The number of aromatic nitrogens is 4. The van der Waals surface area contributed by atoms with Crippen molar-refractivity contribution in [3.05, 3.63) is 54.9 Å². The highest BCUT2D eigenvalue weighted by Gasteiger charge is 2.18. The smallest absolute Gasteiger partial charge is 0.230 e. The molecule has 0 fully saturated rings. The molecule has 0 aliphatic heterocycles. The Kier molecular flexibility index (Phi) is 6.24. The summed E-state index contributed by atoms with van der Waals surface area (Å²) in [6, 6.07) is 13.8. The highest BCUT2D eigenvalue weighted by atomic mass is 32.2. The predicted molar refractivity (Wildman–Crippen MR) is 108 cm³/mol. The van der Waals surface area contributed by atoms with Gasteiger partial charge in [-0.05, 0) is 37.1 Å². The molecule has 3 rings (SSSR count). The number of amides is 1. The second kappa shape index (κ2) is 8.81. The van der Waals surface area contributed by atoms with Crippen molar-refractivity contribution in [1.29, 1.82) is 0 Å². The van der Waals surface area contributed by atoms with Gasteiger partial charge in [-0.3, -0.25) is 14.3 Å². The van der Waals surface area contributed by atoms with Gasteiger partial charge in [0.15, 0.2) is 11.0 Å². The zero-order valence-corrected chi connectivity index (χ0v) is 16.5. The molecule has 1 amide bonds. The maximum Gasteiger partial charge on any atom is 0.230 e. The molecule has 7 heteroatoms. The van der Waals surface area contributed by atoms with Crippen molar-refractivity contribution in [3.63, 3.8) is 0 Å². The van der Waals surface area contributed by atoms with Gasteiger partial charge in [-0.25, -0.2) is 0 Å². The van der Waals surface area contributed by atoms with Gasteiger partial charge in [-0.15, -0.1) is 10.2 Å². The number of pyridine rings is 1. The molecule has 1 atom stereocenters. The highest BCUT2D eigenvalue weighted by Crippen LogP contribution is 2.27. The Morgan fingerprint density at radius 1 is 1.07 bits per heavy atom. The van der Waals surface area contributed by atoms with Gasteiger partial charge in [0.25, 0.3) is 0 Å². The number of hydrogen-bond donors (Lipinski definition) is 1. The molecule has 0 saturated carbocycles. The normalized spacial score (nSPS) is 12.1. The Hall–Kier alpha value is -2.67.